The zero-order valence-electron chi connectivity index (χ0n) is 10.1. The van der Waals surface area contributed by atoms with E-state index in [9.17, 15) is 17.6 Å². The fourth-order valence-electron chi connectivity index (χ4n) is 1.41. The van der Waals surface area contributed by atoms with Crippen molar-refractivity contribution in [2.75, 3.05) is 0 Å². The molecule has 0 atom stereocenters. The van der Waals surface area contributed by atoms with Crippen molar-refractivity contribution in [2.24, 2.45) is 0 Å². The average Bonchev–Trinajstić information content (AvgIpc) is 2.42. The third-order valence-electron chi connectivity index (χ3n) is 2.38. The Kier molecular flexibility index (Phi) is 4.00. The first-order valence-electron chi connectivity index (χ1n) is 5.42. The van der Waals surface area contributed by atoms with Gasteiger partial charge in [0.1, 0.15) is 28.9 Å². The largest absolute Gasteiger partial charge is 0.438 e. The number of hydrogen-bond donors (Lipinski definition) is 0. The topological polar surface area (TPSA) is 45.9 Å². The van der Waals surface area contributed by atoms with Crippen LogP contribution in [0.5, 0.6) is 11.6 Å². The molecule has 108 valence electrons. The molecule has 0 aliphatic heterocycles. The van der Waals surface area contributed by atoms with E-state index < -0.39 is 23.6 Å². The maximum absolute atomic E-state index is 13.3. The molecule has 2 aromatic rings. The summed E-state index contributed by atoms with van der Waals surface area (Å²) in [5.41, 5.74) is -1.43. The van der Waals surface area contributed by atoms with Crippen LogP contribution < -0.4 is 4.74 Å². The quantitative estimate of drug-likeness (QED) is 0.763. The van der Waals surface area contributed by atoms with Crippen LogP contribution >= 0.6 is 11.6 Å². The second-order valence-corrected chi connectivity index (χ2v) is 4.24. The van der Waals surface area contributed by atoms with Gasteiger partial charge in [-0.15, -0.1) is 0 Å². The van der Waals surface area contributed by atoms with Crippen molar-refractivity contribution in [3.63, 3.8) is 0 Å². The van der Waals surface area contributed by atoms with E-state index in [0.29, 0.717) is 6.07 Å². The Morgan fingerprint density at radius 3 is 2.48 bits per heavy atom. The molecule has 3 nitrogen and oxygen atoms in total. The molecule has 0 saturated carbocycles. The molecule has 1 heterocycles. The Morgan fingerprint density at radius 1 is 1.19 bits per heavy atom. The number of ether oxygens (including phenoxy) is 1. The molecule has 0 spiro atoms. The first-order valence-corrected chi connectivity index (χ1v) is 5.80. The van der Waals surface area contributed by atoms with E-state index in [1.165, 1.54) is 12.1 Å². The Labute approximate surface area is 121 Å². The zero-order chi connectivity index (χ0) is 15.6. The Morgan fingerprint density at radius 2 is 1.90 bits per heavy atom. The van der Waals surface area contributed by atoms with Crippen LogP contribution in [0, 0.1) is 17.1 Å². The van der Waals surface area contributed by atoms with Gasteiger partial charge < -0.3 is 4.74 Å². The molecular formula is C13H5ClF4N2O. The highest BCUT2D eigenvalue weighted by Crippen LogP contribution is 2.32. The van der Waals surface area contributed by atoms with Crippen molar-refractivity contribution in [1.82, 2.24) is 4.98 Å². The van der Waals surface area contributed by atoms with Gasteiger partial charge in [-0.2, -0.15) is 18.4 Å². The molecule has 0 radical (unpaired) electrons. The van der Waals surface area contributed by atoms with E-state index in [4.69, 9.17) is 21.6 Å². The summed E-state index contributed by atoms with van der Waals surface area (Å²) in [5.74, 6) is -1.49. The van der Waals surface area contributed by atoms with Crippen LogP contribution in [0.15, 0.2) is 30.3 Å². The molecule has 1 aromatic carbocycles. The van der Waals surface area contributed by atoms with Gasteiger partial charge in [-0.1, -0.05) is 11.6 Å². The standard InChI is InChI=1S/C13H5ClF4N2O/c14-9-3-2-8(5-10(9)15)21-12-7(6-19)1-4-11(20-12)13(16,17)18/h1-5H. The summed E-state index contributed by atoms with van der Waals surface area (Å²) >= 11 is 5.48. The van der Waals surface area contributed by atoms with E-state index in [1.54, 1.807) is 6.07 Å². The fraction of sp³-hybridized carbons (Fsp3) is 0.0769. The number of aromatic nitrogens is 1. The average molecular weight is 317 g/mol. The maximum Gasteiger partial charge on any atom is 0.433 e. The van der Waals surface area contributed by atoms with Gasteiger partial charge in [0.2, 0.25) is 5.88 Å². The summed E-state index contributed by atoms with van der Waals surface area (Å²) in [5, 5.41) is 8.68. The van der Waals surface area contributed by atoms with Gasteiger partial charge in [0, 0.05) is 6.07 Å². The molecule has 0 fully saturated rings. The summed E-state index contributed by atoms with van der Waals surface area (Å²) < 4.78 is 56.0. The first kappa shape index (κ1) is 15.1. The van der Waals surface area contributed by atoms with Crippen molar-refractivity contribution in [2.45, 2.75) is 6.18 Å². The van der Waals surface area contributed by atoms with Crippen LogP contribution in [-0.2, 0) is 6.18 Å². The predicted molar refractivity (Wildman–Crippen MR) is 65.4 cm³/mol. The summed E-state index contributed by atoms with van der Waals surface area (Å²) in [7, 11) is 0. The highest BCUT2D eigenvalue weighted by molar-refractivity contribution is 6.30. The van der Waals surface area contributed by atoms with E-state index in [0.717, 1.165) is 12.1 Å². The fourth-order valence-corrected chi connectivity index (χ4v) is 1.53. The zero-order valence-corrected chi connectivity index (χ0v) is 10.8. The molecule has 8 heteroatoms. The number of pyridine rings is 1. The number of hydrogen-bond acceptors (Lipinski definition) is 3. The number of nitrogens with zero attached hydrogens (tertiary/aromatic N) is 2. The maximum atomic E-state index is 13.3. The smallest absolute Gasteiger partial charge is 0.433 e. The van der Waals surface area contributed by atoms with Crippen molar-refractivity contribution in [3.8, 4) is 17.7 Å². The van der Waals surface area contributed by atoms with Crippen LogP contribution in [0.4, 0.5) is 17.6 Å². The van der Waals surface area contributed by atoms with Crippen molar-refractivity contribution in [3.05, 3.63) is 52.4 Å². The third kappa shape index (κ3) is 3.41. The second-order valence-electron chi connectivity index (χ2n) is 3.84. The normalized spacial score (nSPS) is 11.0. The number of halogens is 5. The van der Waals surface area contributed by atoms with E-state index in [2.05, 4.69) is 4.98 Å². The van der Waals surface area contributed by atoms with Crippen LogP contribution in [0.2, 0.25) is 5.02 Å². The lowest BCUT2D eigenvalue weighted by atomic mass is 10.2. The van der Waals surface area contributed by atoms with Gasteiger partial charge in [-0.05, 0) is 24.3 Å². The molecule has 0 amide bonds. The minimum atomic E-state index is -4.68. The lowest BCUT2D eigenvalue weighted by molar-refractivity contribution is -0.141. The van der Waals surface area contributed by atoms with Gasteiger partial charge in [0.25, 0.3) is 0 Å². The number of benzene rings is 1. The SMILES string of the molecule is N#Cc1ccc(C(F)(F)F)nc1Oc1ccc(Cl)c(F)c1. The molecule has 0 aliphatic rings. The van der Waals surface area contributed by atoms with E-state index in [-0.39, 0.29) is 16.3 Å². The Balaban J connectivity index is 2.42. The van der Waals surface area contributed by atoms with E-state index >= 15 is 0 Å². The Hall–Kier alpha value is -2.33. The molecular weight excluding hydrogens is 312 g/mol. The van der Waals surface area contributed by atoms with Crippen LogP contribution in [0.1, 0.15) is 11.3 Å². The van der Waals surface area contributed by atoms with Crippen LogP contribution in [0.25, 0.3) is 0 Å². The van der Waals surface area contributed by atoms with Crippen LogP contribution in [0.3, 0.4) is 0 Å². The number of alkyl halides is 3. The number of nitriles is 1. The Bertz CT molecular complexity index is 725. The monoisotopic (exact) mass is 316 g/mol. The lowest BCUT2D eigenvalue weighted by Crippen LogP contribution is -2.09. The summed E-state index contributed by atoms with van der Waals surface area (Å²) in [6.07, 6.45) is -4.68. The van der Waals surface area contributed by atoms with Crippen molar-refractivity contribution >= 4 is 11.6 Å². The molecule has 21 heavy (non-hydrogen) atoms. The highest BCUT2D eigenvalue weighted by atomic mass is 35.5. The number of rotatable bonds is 2. The summed E-state index contributed by atoms with van der Waals surface area (Å²) in [4.78, 5) is 3.24. The molecule has 0 bridgehead atoms. The predicted octanol–water partition coefficient (Wildman–Crippen LogP) is 4.56. The third-order valence-corrected chi connectivity index (χ3v) is 2.68. The summed E-state index contributed by atoms with van der Waals surface area (Å²) in [6, 6.07) is 6.53. The van der Waals surface area contributed by atoms with Gasteiger partial charge in [-0.25, -0.2) is 9.37 Å². The highest BCUT2D eigenvalue weighted by Gasteiger charge is 2.33. The molecule has 0 saturated heterocycles. The molecule has 0 unspecified atom stereocenters. The minimum Gasteiger partial charge on any atom is -0.438 e. The first-order chi connectivity index (χ1) is 9.81. The van der Waals surface area contributed by atoms with Crippen molar-refractivity contribution in [1.29, 1.82) is 5.26 Å². The van der Waals surface area contributed by atoms with Gasteiger partial charge in [-0.3, -0.25) is 0 Å². The lowest BCUT2D eigenvalue weighted by Gasteiger charge is -2.10. The summed E-state index contributed by atoms with van der Waals surface area (Å²) in [6.45, 7) is 0. The molecule has 2 rings (SSSR count). The molecule has 0 N–H and O–H groups in total. The van der Waals surface area contributed by atoms with Crippen LogP contribution in [-0.4, -0.2) is 4.98 Å². The minimum absolute atomic E-state index is 0.125. The van der Waals surface area contributed by atoms with E-state index in [1.807, 2.05) is 0 Å². The molecule has 0 aliphatic carbocycles. The van der Waals surface area contributed by atoms with Crippen molar-refractivity contribution < 1.29 is 22.3 Å². The molecule has 1 aromatic heterocycles. The van der Waals surface area contributed by atoms with Gasteiger partial charge >= 0.3 is 6.18 Å². The van der Waals surface area contributed by atoms with Gasteiger partial charge in [0.05, 0.1) is 5.02 Å². The van der Waals surface area contributed by atoms with Gasteiger partial charge in [0.15, 0.2) is 0 Å². The second kappa shape index (κ2) is 5.58.